The first kappa shape index (κ1) is 10.1. The molecule has 1 rings (SSSR count). The highest BCUT2D eigenvalue weighted by Crippen LogP contribution is 1.96. The highest BCUT2D eigenvalue weighted by atomic mass is 14.8. The van der Waals surface area contributed by atoms with Gasteiger partial charge in [0.25, 0.3) is 0 Å². The van der Waals surface area contributed by atoms with Crippen LogP contribution < -0.4 is 16.2 Å². The maximum absolute atomic E-state index is 5.71. The number of nitrogens with two attached hydrogens (primary N) is 1. The van der Waals surface area contributed by atoms with Crippen molar-refractivity contribution in [2.45, 2.75) is 6.92 Å². The molecule has 1 heterocycles. The van der Waals surface area contributed by atoms with Gasteiger partial charge < -0.3 is 5.73 Å². The van der Waals surface area contributed by atoms with Gasteiger partial charge in [0.1, 0.15) is 5.82 Å². The molecule has 2 heteroatoms. The van der Waals surface area contributed by atoms with Gasteiger partial charge in [-0.25, -0.2) is 4.98 Å². The van der Waals surface area contributed by atoms with Crippen LogP contribution >= 0.6 is 0 Å². The largest absolute Gasteiger partial charge is 0.383 e. The van der Waals surface area contributed by atoms with Gasteiger partial charge in [-0.15, -0.1) is 5.92 Å². The molecule has 2 N–H and O–H groups in total. The lowest BCUT2D eigenvalue weighted by Gasteiger charge is -1.98. The lowest BCUT2D eigenvalue weighted by Crippen LogP contribution is -2.28. The van der Waals surface area contributed by atoms with E-state index in [1.54, 1.807) is 19.2 Å². The average molecular weight is 184 g/mol. The van der Waals surface area contributed by atoms with Crippen LogP contribution in [0.4, 0.5) is 5.82 Å². The van der Waals surface area contributed by atoms with E-state index in [1.807, 2.05) is 6.08 Å². The molecule has 0 radical (unpaired) electrons. The first-order chi connectivity index (χ1) is 6.70. The number of rotatable bonds is 1. The van der Waals surface area contributed by atoms with Crippen LogP contribution in [0.1, 0.15) is 12.5 Å². The third kappa shape index (κ3) is 1.83. The Morgan fingerprint density at radius 3 is 2.86 bits per heavy atom. The Labute approximate surface area is 83.5 Å². The second kappa shape index (κ2) is 4.29. The molecular weight excluding hydrogens is 172 g/mol. The molecule has 1 aromatic rings. The van der Waals surface area contributed by atoms with E-state index in [-0.39, 0.29) is 0 Å². The standard InChI is InChI=1S/C12H12N2/c1-4-6-10-9(3)8-14-12(13)11(10)7-5-2/h4,6,8H,1,3,13H2,2H3/b10-6+. The predicted octanol–water partition coefficient (Wildman–Crippen LogP) is 0.412. The minimum absolute atomic E-state index is 0.430. The van der Waals surface area contributed by atoms with Crippen LogP contribution in [-0.2, 0) is 0 Å². The smallest absolute Gasteiger partial charge is 0.139 e. The van der Waals surface area contributed by atoms with Gasteiger partial charge in [-0.3, -0.25) is 0 Å². The fraction of sp³-hybridized carbons (Fsp3) is 0.0833. The Hall–Kier alpha value is -2.01. The number of pyridine rings is 1. The minimum Gasteiger partial charge on any atom is -0.383 e. The van der Waals surface area contributed by atoms with E-state index in [0.717, 1.165) is 16.0 Å². The minimum atomic E-state index is 0.430. The third-order valence-corrected chi connectivity index (χ3v) is 1.77. The molecule has 0 atom stereocenters. The molecule has 0 amide bonds. The van der Waals surface area contributed by atoms with Crippen LogP contribution in [0.25, 0.3) is 12.7 Å². The summed E-state index contributed by atoms with van der Waals surface area (Å²) in [6.45, 7) is 9.25. The average Bonchev–Trinajstić information content (AvgIpc) is 2.17. The third-order valence-electron chi connectivity index (χ3n) is 1.77. The Morgan fingerprint density at radius 2 is 2.29 bits per heavy atom. The molecule has 0 aliphatic rings. The summed E-state index contributed by atoms with van der Waals surface area (Å²) in [7, 11) is 0. The molecule has 1 aromatic heterocycles. The summed E-state index contributed by atoms with van der Waals surface area (Å²) >= 11 is 0. The number of nitrogens with zero attached hydrogens (tertiary/aromatic N) is 1. The van der Waals surface area contributed by atoms with Crippen molar-refractivity contribution in [2.24, 2.45) is 0 Å². The molecule has 0 saturated heterocycles. The highest BCUT2D eigenvalue weighted by molar-refractivity contribution is 5.55. The van der Waals surface area contributed by atoms with Gasteiger partial charge in [0, 0.05) is 11.4 Å². The van der Waals surface area contributed by atoms with Gasteiger partial charge in [-0.1, -0.05) is 31.2 Å². The SMILES string of the molecule is C=C/C=c1/c(C#CC)c(N)ncc1=C. The molecule has 0 bridgehead atoms. The number of allylic oxidation sites excluding steroid dienone is 1. The zero-order valence-electron chi connectivity index (χ0n) is 8.17. The van der Waals surface area contributed by atoms with E-state index >= 15 is 0 Å². The quantitative estimate of drug-likeness (QED) is 0.642. The normalized spacial score (nSPS) is 10.5. The summed E-state index contributed by atoms with van der Waals surface area (Å²) in [6.07, 6.45) is 5.15. The molecule has 0 saturated carbocycles. The number of anilines is 1. The van der Waals surface area contributed by atoms with Crippen molar-refractivity contribution in [1.29, 1.82) is 0 Å². The lowest BCUT2D eigenvalue weighted by atomic mass is 10.1. The second-order valence-corrected chi connectivity index (χ2v) is 2.73. The van der Waals surface area contributed by atoms with Crippen LogP contribution in [0.3, 0.4) is 0 Å². The van der Waals surface area contributed by atoms with Gasteiger partial charge in [-0.05, 0) is 12.1 Å². The molecule has 0 aliphatic carbocycles. The van der Waals surface area contributed by atoms with Crippen molar-refractivity contribution in [3.05, 3.63) is 34.9 Å². The van der Waals surface area contributed by atoms with E-state index in [9.17, 15) is 0 Å². The van der Waals surface area contributed by atoms with E-state index in [2.05, 4.69) is 30.0 Å². The molecule has 0 aliphatic heterocycles. The second-order valence-electron chi connectivity index (χ2n) is 2.73. The van der Waals surface area contributed by atoms with Crippen LogP contribution in [-0.4, -0.2) is 4.98 Å². The monoisotopic (exact) mass is 184 g/mol. The van der Waals surface area contributed by atoms with E-state index in [0.29, 0.717) is 5.82 Å². The molecule has 2 nitrogen and oxygen atoms in total. The first-order valence-electron chi connectivity index (χ1n) is 4.19. The van der Waals surface area contributed by atoms with Gasteiger partial charge in [0.05, 0.1) is 5.56 Å². The van der Waals surface area contributed by atoms with Gasteiger partial charge in [-0.2, -0.15) is 0 Å². The molecule has 14 heavy (non-hydrogen) atoms. The summed E-state index contributed by atoms with van der Waals surface area (Å²) < 4.78 is 0. The van der Waals surface area contributed by atoms with Crippen molar-refractivity contribution in [3.63, 3.8) is 0 Å². The van der Waals surface area contributed by atoms with Gasteiger partial charge in [0.2, 0.25) is 0 Å². The summed E-state index contributed by atoms with van der Waals surface area (Å²) in [4.78, 5) is 4.00. The topological polar surface area (TPSA) is 38.9 Å². The fourth-order valence-corrected chi connectivity index (χ4v) is 1.14. The Balaban J connectivity index is 3.73. The van der Waals surface area contributed by atoms with Crippen molar-refractivity contribution in [1.82, 2.24) is 4.98 Å². The van der Waals surface area contributed by atoms with Crippen molar-refractivity contribution in [2.75, 3.05) is 5.73 Å². The lowest BCUT2D eigenvalue weighted by molar-refractivity contribution is 1.27. The summed E-state index contributed by atoms with van der Waals surface area (Å²) in [5.74, 6) is 6.14. The maximum atomic E-state index is 5.71. The molecule has 0 unspecified atom stereocenters. The number of hydrogen-bond acceptors (Lipinski definition) is 2. The van der Waals surface area contributed by atoms with Gasteiger partial charge >= 0.3 is 0 Å². The first-order valence-corrected chi connectivity index (χ1v) is 4.19. The molecule has 0 spiro atoms. The fourth-order valence-electron chi connectivity index (χ4n) is 1.14. The van der Waals surface area contributed by atoms with E-state index in [1.165, 1.54) is 0 Å². The zero-order valence-corrected chi connectivity index (χ0v) is 8.17. The summed E-state index contributed by atoms with van der Waals surface area (Å²) in [5.41, 5.74) is 6.43. The Kier molecular flexibility index (Phi) is 3.09. The molecular formula is C12H12N2. The number of hydrogen-bond donors (Lipinski definition) is 1. The summed E-state index contributed by atoms with van der Waals surface area (Å²) in [6, 6.07) is 0. The maximum Gasteiger partial charge on any atom is 0.139 e. The number of nitrogen functional groups attached to an aromatic ring is 1. The Morgan fingerprint density at radius 1 is 1.57 bits per heavy atom. The van der Waals surface area contributed by atoms with Crippen molar-refractivity contribution in [3.8, 4) is 11.8 Å². The molecule has 70 valence electrons. The van der Waals surface area contributed by atoms with E-state index < -0.39 is 0 Å². The Bertz CT molecular complexity index is 516. The molecule has 0 aromatic carbocycles. The van der Waals surface area contributed by atoms with Gasteiger partial charge in [0.15, 0.2) is 0 Å². The number of aromatic nitrogens is 1. The van der Waals surface area contributed by atoms with Crippen LogP contribution in [0.15, 0.2) is 18.9 Å². The summed E-state index contributed by atoms with van der Waals surface area (Å²) in [5, 5.41) is 1.69. The van der Waals surface area contributed by atoms with Crippen molar-refractivity contribution >= 4 is 18.5 Å². The highest BCUT2D eigenvalue weighted by Gasteiger charge is 1.98. The zero-order chi connectivity index (χ0) is 10.6. The van der Waals surface area contributed by atoms with Crippen LogP contribution in [0, 0.1) is 11.8 Å². The molecule has 0 fully saturated rings. The predicted molar refractivity (Wildman–Crippen MR) is 60.6 cm³/mol. The van der Waals surface area contributed by atoms with Crippen molar-refractivity contribution < 1.29 is 0 Å². The van der Waals surface area contributed by atoms with Crippen LogP contribution in [0.5, 0.6) is 0 Å². The van der Waals surface area contributed by atoms with Crippen LogP contribution in [0.2, 0.25) is 0 Å². The van der Waals surface area contributed by atoms with E-state index in [4.69, 9.17) is 5.73 Å².